The van der Waals surface area contributed by atoms with Crippen molar-refractivity contribution >= 4 is 33.2 Å². The number of alkyl halides is 1. The molecule has 2 rings (SSSR count). The molecule has 1 saturated heterocycles. The van der Waals surface area contributed by atoms with Crippen LogP contribution in [0.2, 0.25) is 0 Å². The van der Waals surface area contributed by atoms with Crippen LogP contribution in [0.1, 0.15) is 6.42 Å². The van der Waals surface area contributed by atoms with Crippen LogP contribution in [0.4, 0.5) is 11.4 Å². The number of carbonyl (C=O) groups excluding carboxylic acids is 1. The zero-order valence-corrected chi connectivity index (χ0v) is 11.0. The number of aromatic hydroxyl groups is 1. The minimum absolute atomic E-state index is 0.0561. The molecule has 1 unspecified atom stereocenters. The molecule has 1 aliphatic heterocycles. The number of phenolic OH excluding ortho intramolecular Hbond substituents is 1. The number of hydrogen-bond donors (Lipinski definition) is 1. The molecule has 1 amide bonds. The van der Waals surface area contributed by atoms with Crippen LogP contribution in [-0.2, 0) is 4.79 Å². The summed E-state index contributed by atoms with van der Waals surface area (Å²) in [4.78, 5) is 23.4. The minimum Gasteiger partial charge on any atom is -0.502 e. The summed E-state index contributed by atoms with van der Waals surface area (Å²) in [5.74, 6) is -0.239. The zero-order chi connectivity index (χ0) is 13.3. The number of amides is 1. The van der Waals surface area contributed by atoms with E-state index < -0.39 is 10.7 Å². The van der Waals surface area contributed by atoms with E-state index in [1.54, 1.807) is 0 Å². The molecule has 6 nitrogen and oxygen atoms in total. The predicted octanol–water partition coefficient (Wildman–Crippen LogP) is 2.05. The highest BCUT2D eigenvalue weighted by atomic mass is 79.9. The number of nitro benzene ring substituents is 1. The fourth-order valence-electron chi connectivity index (χ4n) is 1.96. The van der Waals surface area contributed by atoms with Crippen molar-refractivity contribution in [3.63, 3.8) is 0 Å². The van der Waals surface area contributed by atoms with E-state index >= 15 is 0 Å². The SMILES string of the molecule is O=C1CC(CBr)CN1c1ccc(O)c([N+](=O)[O-])c1. The summed E-state index contributed by atoms with van der Waals surface area (Å²) in [7, 11) is 0. The Labute approximate surface area is 111 Å². The van der Waals surface area contributed by atoms with Gasteiger partial charge >= 0.3 is 5.69 Å². The van der Waals surface area contributed by atoms with Crippen LogP contribution in [-0.4, -0.2) is 27.8 Å². The summed E-state index contributed by atoms with van der Waals surface area (Å²) in [5.41, 5.74) is 0.0653. The number of benzene rings is 1. The van der Waals surface area contributed by atoms with Crippen molar-refractivity contribution in [3.8, 4) is 5.75 Å². The molecule has 18 heavy (non-hydrogen) atoms. The number of phenols is 1. The van der Waals surface area contributed by atoms with Gasteiger partial charge in [-0.1, -0.05) is 15.9 Å². The standard InChI is InChI=1S/C11H11BrN2O4/c12-5-7-3-11(16)13(6-7)8-1-2-10(15)9(4-8)14(17)18/h1-2,4,7,15H,3,5-6H2. The summed E-state index contributed by atoms with van der Waals surface area (Å²) in [6.07, 6.45) is 0.430. The van der Waals surface area contributed by atoms with Gasteiger partial charge in [-0.05, 0) is 18.1 Å². The highest BCUT2D eigenvalue weighted by Crippen LogP contribution is 2.33. The highest BCUT2D eigenvalue weighted by Gasteiger charge is 2.31. The number of hydrogen-bond acceptors (Lipinski definition) is 4. The molecule has 1 atom stereocenters. The average Bonchev–Trinajstić information content (AvgIpc) is 2.71. The second-order valence-corrected chi connectivity index (χ2v) is 4.81. The number of halogens is 1. The third-order valence-electron chi connectivity index (χ3n) is 2.89. The Morgan fingerprint density at radius 2 is 2.28 bits per heavy atom. The van der Waals surface area contributed by atoms with Crippen LogP contribution < -0.4 is 4.90 Å². The molecule has 1 aromatic rings. The van der Waals surface area contributed by atoms with Crippen LogP contribution >= 0.6 is 15.9 Å². The van der Waals surface area contributed by atoms with Gasteiger partial charge < -0.3 is 10.0 Å². The van der Waals surface area contributed by atoms with Crippen molar-refractivity contribution in [2.75, 3.05) is 16.8 Å². The molecule has 0 aromatic heterocycles. The van der Waals surface area contributed by atoms with Crippen molar-refractivity contribution in [1.29, 1.82) is 0 Å². The Kier molecular flexibility index (Phi) is 3.51. The first-order chi connectivity index (χ1) is 8.52. The van der Waals surface area contributed by atoms with E-state index in [4.69, 9.17) is 0 Å². The van der Waals surface area contributed by atoms with E-state index in [0.717, 1.165) is 5.33 Å². The van der Waals surface area contributed by atoms with E-state index in [9.17, 15) is 20.0 Å². The summed E-state index contributed by atoms with van der Waals surface area (Å²) in [5, 5.41) is 20.8. The molecule has 0 bridgehead atoms. The maximum absolute atomic E-state index is 11.8. The lowest BCUT2D eigenvalue weighted by Gasteiger charge is -2.16. The van der Waals surface area contributed by atoms with E-state index in [1.165, 1.54) is 23.1 Å². The van der Waals surface area contributed by atoms with Crippen LogP contribution in [0.5, 0.6) is 5.75 Å². The summed E-state index contributed by atoms with van der Waals surface area (Å²) in [6.45, 7) is 0.534. The van der Waals surface area contributed by atoms with E-state index in [2.05, 4.69) is 15.9 Å². The maximum atomic E-state index is 11.8. The third kappa shape index (κ3) is 2.31. The van der Waals surface area contributed by atoms with Crippen LogP contribution in [0, 0.1) is 16.0 Å². The van der Waals surface area contributed by atoms with Crippen LogP contribution in [0.3, 0.4) is 0 Å². The molecule has 1 heterocycles. The van der Waals surface area contributed by atoms with Gasteiger partial charge in [0.2, 0.25) is 5.91 Å². The normalized spacial score (nSPS) is 19.3. The molecule has 0 radical (unpaired) electrons. The van der Waals surface area contributed by atoms with Crippen molar-refractivity contribution in [2.24, 2.45) is 5.92 Å². The number of carbonyl (C=O) groups is 1. The number of nitrogens with zero attached hydrogens (tertiary/aromatic N) is 2. The van der Waals surface area contributed by atoms with Crippen molar-refractivity contribution in [3.05, 3.63) is 28.3 Å². The van der Waals surface area contributed by atoms with Gasteiger partial charge in [0.1, 0.15) is 0 Å². The van der Waals surface area contributed by atoms with E-state index in [0.29, 0.717) is 18.7 Å². The fourth-order valence-corrected chi connectivity index (χ4v) is 2.39. The number of nitro groups is 1. The van der Waals surface area contributed by atoms with Crippen LogP contribution in [0.25, 0.3) is 0 Å². The van der Waals surface area contributed by atoms with Gasteiger partial charge in [0.05, 0.1) is 10.6 Å². The Hall–Kier alpha value is -1.63. The molecule has 1 aliphatic rings. The molecular weight excluding hydrogens is 304 g/mol. The van der Waals surface area contributed by atoms with Gasteiger partial charge in [0.25, 0.3) is 0 Å². The largest absolute Gasteiger partial charge is 0.502 e. The van der Waals surface area contributed by atoms with Gasteiger partial charge in [-0.15, -0.1) is 0 Å². The Balaban J connectivity index is 2.32. The lowest BCUT2D eigenvalue weighted by Crippen LogP contribution is -2.24. The first-order valence-electron chi connectivity index (χ1n) is 5.36. The van der Waals surface area contributed by atoms with Crippen molar-refractivity contribution in [2.45, 2.75) is 6.42 Å². The van der Waals surface area contributed by atoms with Gasteiger partial charge in [0.15, 0.2) is 5.75 Å². The number of rotatable bonds is 3. The fraction of sp³-hybridized carbons (Fsp3) is 0.364. The molecular formula is C11H11BrN2O4. The molecule has 1 N–H and O–H groups in total. The molecule has 1 aromatic carbocycles. The van der Waals surface area contributed by atoms with Crippen LogP contribution in [0.15, 0.2) is 18.2 Å². The monoisotopic (exact) mass is 314 g/mol. The Morgan fingerprint density at radius 3 is 2.83 bits per heavy atom. The molecule has 0 saturated carbocycles. The summed E-state index contributed by atoms with van der Waals surface area (Å²) in [6, 6.07) is 3.98. The maximum Gasteiger partial charge on any atom is 0.312 e. The van der Waals surface area contributed by atoms with Crippen molar-refractivity contribution < 1.29 is 14.8 Å². The lowest BCUT2D eigenvalue weighted by molar-refractivity contribution is -0.385. The van der Waals surface area contributed by atoms with E-state index in [-0.39, 0.29) is 17.5 Å². The van der Waals surface area contributed by atoms with Crippen molar-refractivity contribution in [1.82, 2.24) is 0 Å². The molecule has 0 aliphatic carbocycles. The summed E-state index contributed by atoms with van der Waals surface area (Å²) < 4.78 is 0. The van der Waals surface area contributed by atoms with Gasteiger partial charge in [-0.25, -0.2) is 0 Å². The van der Waals surface area contributed by atoms with Gasteiger partial charge in [-0.3, -0.25) is 14.9 Å². The minimum atomic E-state index is -0.665. The quantitative estimate of drug-likeness (QED) is 0.525. The average molecular weight is 315 g/mol. The predicted molar refractivity (Wildman–Crippen MR) is 69.0 cm³/mol. The topological polar surface area (TPSA) is 83.7 Å². The Bertz CT molecular complexity index is 506. The molecule has 1 fully saturated rings. The summed E-state index contributed by atoms with van der Waals surface area (Å²) >= 11 is 3.33. The molecule has 0 spiro atoms. The Morgan fingerprint density at radius 1 is 1.56 bits per heavy atom. The smallest absolute Gasteiger partial charge is 0.312 e. The highest BCUT2D eigenvalue weighted by molar-refractivity contribution is 9.09. The molecule has 7 heteroatoms. The van der Waals surface area contributed by atoms with Gasteiger partial charge in [-0.2, -0.15) is 0 Å². The first-order valence-corrected chi connectivity index (χ1v) is 6.48. The number of anilines is 1. The van der Waals surface area contributed by atoms with E-state index in [1.807, 2.05) is 0 Å². The lowest BCUT2D eigenvalue weighted by atomic mass is 10.2. The zero-order valence-electron chi connectivity index (χ0n) is 9.38. The second kappa shape index (κ2) is 4.93. The molecule has 96 valence electrons. The first kappa shape index (κ1) is 12.8. The third-order valence-corrected chi connectivity index (χ3v) is 3.81. The second-order valence-electron chi connectivity index (χ2n) is 4.16. The van der Waals surface area contributed by atoms with Gasteiger partial charge in [0, 0.05) is 24.4 Å².